The fraction of sp³-hybridized carbons (Fsp3) is 0. The predicted octanol–water partition coefficient (Wildman–Crippen LogP) is 0.837. The molecule has 0 spiro atoms. The van der Waals surface area contributed by atoms with Crippen LogP contribution in [-0.2, 0) is 0 Å². The summed E-state index contributed by atoms with van der Waals surface area (Å²) in [6.07, 6.45) is 5.49. The minimum absolute atomic E-state index is 0.203. The van der Waals surface area contributed by atoms with Crippen LogP contribution in [-0.4, -0.2) is 21.2 Å². The van der Waals surface area contributed by atoms with Crippen LogP contribution in [0.2, 0.25) is 0 Å². The van der Waals surface area contributed by atoms with Gasteiger partial charge >= 0.3 is 0 Å². The molecule has 2 aromatic heterocycles. The number of rotatable bonds is 1. The summed E-state index contributed by atoms with van der Waals surface area (Å²) in [5, 5.41) is 0.836. The van der Waals surface area contributed by atoms with E-state index >= 15 is 0 Å². The van der Waals surface area contributed by atoms with Crippen molar-refractivity contribution < 1.29 is 4.79 Å². The molecule has 0 N–H and O–H groups in total. The monoisotopic (exact) mass is 159 g/mol. The lowest BCUT2D eigenvalue weighted by molar-refractivity contribution is 0.111. The number of hydrogen-bond donors (Lipinski definition) is 0. The molecule has 0 radical (unpaired) electrons. The summed E-state index contributed by atoms with van der Waals surface area (Å²) in [6.45, 7) is 0. The highest BCUT2D eigenvalue weighted by Gasteiger charge is 1.96. The van der Waals surface area contributed by atoms with E-state index in [1.807, 2.05) is 0 Å². The number of aldehydes is 1. The highest BCUT2D eigenvalue weighted by atomic mass is 16.1. The van der Waals surface area contributed by atoms with Crippen LogP contribution in [0.4, 0.5) is 0 Å². The van der Waals surface area contributed by atoms with Gasteiger partial charge in [-0.1, -0.05) is 0 Å². The van der Waals surface area contributed by atoms with Gasteiger partial charge in [0.15, 0.2) is 12.1 Å². The highest BCUT2D eigenvalue weighted by molar-refractivity contribution is 5.79. The number of hydrogen-bond acceptors (Lipinski definition) is 4. The fourth-order valence-corrected chi connectivity index (χ4v) is 0.945. The van der Waals surface area contributed by atoms with Gasteiger partial charge in [0.2, 0.25) is 0 Å². The van der Waals surface area contributed by atoms with E-state index in [1.165, 1.54) is 0 Å². The van der Waals surface area contributed by atoms with Gasteiger partial charge in [-0.05, 0) is 6.07 Å². The zero-order chi connectivity index (χ0) is 8.39. The van der Waals surface area contributed by atoms with Crippen LogP contribution in [0.1, 0.15) is 10.6 Å². The maximum absolute atomic E-state index is 10.3. The average molecular weight is 159 g/mol. The maximum atomic E-state index is 10.3. The van der Waals surface area contributed by atoms with Crippen molar-refractivity contribution in [1.82, 2.24) is 15.0 Å². The van der Waals surface area contributed by atoms with E-state index in [0.29, 0.717) is 6.29 Å². The van der Waals surface area contributed by atoms with Crippen LogP contribution in [0.5, 0.6) is 0 Å². The van der Waals surface area contributed by atoms with E-state index in [9.17, 15) is 4.79 Å². The van der Waals surface area contributed by atoms with Gasteiger partial charge in [0.1, 0.15) is 0 Å². The van der Waals surface area contributed by atoms with Gasteiger partial charge in [0.25, 0.3) is 0 Å². The van der Waals surface area contributed by atoms with Crippen LogP contribution < -0.4 is 0 Å². The Morgan fingerprint density at radius 3 is 3.08 bits per heavy atom. The Kier molecular flexibility index (Phi) is 1.51. The smallest absolute Gasteiger partial charge is 0.193 e. The SMILES string of the molecule is O=Cc1ncc2cnccc2n1. The van der Waals surface area contributed by atoms with Gasteiger partial charge in [-0.25, -0.2) is 9.97 Å². The first-order valence-electron chi connectivity index (χ1n) is 3.42. The van der Waals surface area contributed by atoms with Crippen molar-refractivity contribution in [1.29, 1.82) is 0 Å². The van der Waals surface area contributed by atoms with Crippen molar-refractivity contribution in [2.45, 2.75) is 0 Å². The number of carbonyl (C=O) groups is 1. The number of pyridine rings is 1. The molecule has 0 bridgehead atoms. The van der Waals surface area contributed by atoms with E-state index in [1.54, 1.807) is 24.7 Å². The second kappa shape index (κ2) is 2.65. The number of nitrogens with zero attached hydrogens (tertiary/aromatic N) is 3. The van der Waals surface area contributed by atoms with E-state index in [0.717, 1.165) is 10.9 Å². The van der Waals surface area contributed by atoms with Crippen LogP contribution >= 0.6 is 0 Å². The molecule has 0 aliphatic rings. The number of carbonyl (C=O) groups excluding carboxylic acids is 1. The van der Waals surface area contributed by atoms with Crippen LogP contribution in [0.3, 0.4) is 0 Å². The average Bonchev–Trinajstić information content (AvgIpc) is 2.17. The first kappa shape index (κ1) is 6.84. The Hall–Kier alpha value is -1.84. The Morgan fingerprint density at radius 2 is 2.25 bits per heavy atom. The molecule has 2 rings (SSSR count). The van der Waals surface area contributed by atoms with Crippen molar-refractivity contribution >= 4 is 17.2 Å². The second-order valence-electron chi connectivity index (χ2n) is 2.28. The van der Waals surface area contributed by atoms with Gasteiger partial charge < -0.3 is 0 Å². The summed E-state index contributed by atoms with van der Waals surface area (Å²) in [6, 6.07) is 1.74. The molecule has 4 heteroatoms. The third-order valence-corrected chi connectivity index (χ3v) is 1.50. The minimum Gasteiger partial charge on any atom is -0.294 e. The summed E-state index contributed by atoms with van der Waals surface area (Å²) in [7, 11) is 0. The standard InChI is InChI=1S/C8H5N3O/c12-5-8-10-4-6-3-9-2-1-7(6)11-8/h1-5H. The van der Waals surface area contributed by atoms with E-state index in [4.69, 9.17) is 0 Å². The molecule has 0 atom stereocenters. The van der Waals surface area contributed by atoms with Gasteiger partial charge in [-0.15, -0.1) is 0 Å². The van der Waals surface area contributed by atoms with Crippen LogP contribution in [0.15, 0.2) is 24.7 Å². The third kappa shape index (κ3) is 1.03. The molecule has 0 aromatic carbocycles. The van der Waals surface area contributed by atoms with Crippen molar-refractivity contribution in [2.24, 2.45) is 0 Å². The molecule has 12 heavy (non-hydrogen) atoms. The Balaban J connectivity index is 2.75. The largest absolute Gasteiger partial charge is 0.294 e. The van der Waals surface area contributed by atoms with Crippen molar-refractivity contribution in [3.63, 3.8) is 0 Å². The zero-order valence-corrected chi connectivity index (χ0v) is 6.14. The summed E-state index contributed by atoms with van der Waals surface area (Å²) in [5.41, 5.74) is 0.738. The van der Waals surface area contributed by atoms with Gasteiger partial charge in [-0.2, -0.15) is 0 Å². The topological polar surface area (TPSA) is 55.7 Å². The van der Waals surface area contributed by atoms with Crippen molar-refractivity contribution in [3.05, 3.63) is 30.5 Å². The van der Waals surface area contributed by atoms with E-state index < -0.39 is 0 Å². The van der Waals surface area contributed by atoms with Crippen molar-refractivity contribution in [2.75, 3.05) is 0 Å². The molecule has 0 unspecified atom stereocenters. The molecular formula is C8H5N3O. The Labute approximate surface area is 68.3 Å². The maximum Gasteiger partial charge on any atom is 0.193 e. The zero-order valence-electron chi connectivity index (χ0n) is 6.14. The van der Waals surface area contributed by atoms with Crippen LogP contribution in [0, 0.1) is 0 Å². The molecule has 4 nitrogen and oxygen atoms in total. The number of aromatic nitrogens is 3. The fourth-order valence-electron chi connectivity index (χ4n) is 0.945. The number of fused-ring (bicyclic) bond motifs is 1. The lowest BCUT2D eigenvalue weighted by Crippen LogP contribution is -1.92. The molecule has 0 saturated carbocycles. The quantitative estimate of drug-likeness (QED) is 0.578. The predicted molar refractivity (Wildman–Crippen MR) is 42.7 cm³/mol. The first-order chi connectivity index (χ1) is 5.90. The van der Waals surface area contributed by atoms with E-state index in [-0.39, 0.29) is 5.82 Å². The first-order valence-corrected chi connectivity index (χ1v) is 3.42. The van der Waals surface area contributed by atoms with E-state index in [2.05, 4.69) is 15.0 Å². The Bertz CT molecular complexity index is 427. The van der Waals surface area contributed by atoms with Gasteiger partial charge in [0, 0.05) is 24.0 Å². The van der Waals surface area contributed by atoms with Crippen LogP contribution in [0.25, 0.3) is 10.9 Å². The third-order valence-electron chi connectivity index (χ3n) is 1.50. The molecule has 0 aliphatic heterocycles. The molecule has 0 fully saturated rings. The lowest BCUT2D eigenvalue weighted by Gasteiger charge is -1.94. The summed E-state index contributed by atoms with van der Waals surface area (Å²) in [4.78, 5) is 22.0. The molecular weight excluding hydrogens is 154 g/mol. The Morgan fingerprint density at radius 1 is 1.33 bits per heavy atom. The van der Waals surface area contributed by atoms with Gasteiger partial charge in [0.05, 0.1) is 5.52 Å². The summed E-state index contributed by atoms with van der Waals surface area (Å²) >= 11 is 0. The molecule has 0 aliphatic carbocycles. The summed E-state index contributed by atoms with van der Waals surface area (Å²) in [5.74, 6) is 0.203. The second-order valence-corrected chi connectivity index (χ2v) is 2.28. The van der Waals surface area contributed by atoms with Gasteiger partial charge in [-0.3, -0.25) is 9.78 Å². The van der Waals surface area contributed by atoms with Crippen molar-refractivity contribution in [3.8, 4) is 0 Å². The molecule has 0 saturated heterocycles. The molecule has 2 aromatic rings. The molecule has 0 amide bonds. The molecule has 2 heterocycles. The molecule has 58 valence electrons. The summed E-state index contributed by atoms with van der Waals surface area (Å²) < 4.78 is 0. The lowest BCUT2D eigenvalue weighted by atomic mass is 10.3. The highest BCUT2D eigenvalue weighted by Crippen LogP contribution is 2.06. The normalized spacial score (nSPS) is 10.0. The minimum atomic E-state index is 0.203.